The molecule has 132 valence electrons. The van der Waals surface area contributed by atoms with E-state index in [0.29, 0.717) is 24.6 Å². The maximum Gasteiger partial charge on any atom is 0.269 e. The van der Waals surface area contributed by atoms with Gasteiger partial charge in [-0.05, 0) is 42.3 Å². The topological polar surface area (TPSA) is 92.8 Å². The second-order valence-corrected chi connectivity index (χ2v) is 6.32. The molecule has 1 saturated heterocycles. The Labute approximate surface area is 150 Å². The van der Waals surface area contributed by atoms with E-state index in [-0.39, 0.29) is 17.9 Å². The number of aromatic nitrogens is 4. The van der Waals surface area contributed by atoms with Crippen LogP contribution in [0.2, 0.25) is 0 Å². The summed E-state index contributed by atoms with van der Waals surface area (Å²) in [5.74, 6) is 0.0504. The van der Waals surface area contributed by atoms with Crippen LogP contribution in [0.4, 0.5) is 0 Å². The average Bonchev–Trinajstić information content (AvgIpc) is 3.34. The Balaban J connectivity index is 1.42. The molecule has 7 heteroatoms. The van der Waals surface area contributed by atoms with E-state index in [1.54, 1.807) is 24.7 Å². The Morgan fingerprint density at radius 3 is 2.85 bits per heavy atom. The highest BCUT2D eigenvalue weighted by Crippen LogP contribution is 2.20. The Kier molecular flexibility index (Phi) is 4.70. The largest absolute Gasteiger partial charge is 0.379 e. The molecule has 26 heavy (non-hydrogen) atoms. The highest BCUT2D eigenvalue weighted by atomic mass is 16.5. The summed E-state index contributed by atoms with van der Waals surface area (Å²) in [7, 11) is 0. The molecule has 2 atom stereocenters. The summed E-state index contributed by atoms with van der Waals surface area (Å²) in [6, 6.07) is 11.2. The fraction of sp³-hybridized carbons (Fsp3) is 0.263. The molecule has 4 rings (SSSR count). The fourth-order valence-corrected chi connectivity index (χ4v) is 3.11. The molecule has 4 heterocycles. The summed E-state index contributed by atoms with van der Waals surface area (Å²) in [6.45, 7) is 1.15. The third kappa shape index (κ3) is 3.62. The SMILES string of the molecule is O=C(N[C@@H]1COC[C@H]1Cc1ccncc1)c1cc(-c2ccccn2)n[nH]1. The third-order valence-corrected chi connectivity index (χ3v) is 4.51. The molecule has 3 aromatic rings. The standard InChI is InChI=1S/C19H19N5O2/c25-19(17-10-16(23-24-17)15-3-1-2-6-21-15)22-18-12-26-11-14(18)9-13-4-7-20-8-5-13/h1-8,10,14,18H,9,11-12H2,(H,22,25)(H,23,24)/t14-,18-/m1/s1. The van der Waals surface area contributed by atoms with Crippen molar-refractivity contribution >= 4 is 5.91 Å². The number of nitrogens with zero attached hydrogens (tertiary/aromatic N) is 3. The summed E-state index contributed by atoms with van der Waals surface area (Å²) in [6.07, 6.45) is 6.10. The predicted molar refractivity (Wildman–Crippen MR) is 95.3 cm³/mol. The Hall–Kier alpha value is -3.06. The average molecular weight is 349 g/mol. The predicted octanol–water partition coefficient (Wildman–Crippen LogP) is 1.85. The van der Waals surface area contributed by atoms with Crippen molar-refractivity contribution in [2.75, 3.05) is 13.2 Å². The highest BCUT2D eigenvalue weighted by Gasteiger charge is 2.30. The minimum Gasteiger partial charge on any atom is -0.379 e. The van der Waals surface area contributed by atoms with E-state index in [0.717, 1.165) is 12.1 Å². The quantitative estimate of drug-likeness (QED) is 0.733. The van der Waals surface area contributed by atoms with E-state index < -0.39 is 0 Å². The van der Waals surface area contributed by atoms with Crippen LogP contribution in [0.3, 0.4) is 0 Å². The van der Waals surface area contributed by atoms with E-state index in [2.05, 4.69) is 25.5 Å². The number of H-pyrrole nitrogens is 1. The molecule has 0 aromatic carbocycles. The van der Waals surface area contributed by atoms with Crippen molar-refractivity contribution in [1.82, 2.24) is 25.5 Å². The molecule has 0 saturated carbocycles. The van der Waals surface area contributed by atoms with Crippen LogP contribution in [0.15, 0.2) is 55.0 Å². The molecular formula is C19H19N5O2. The molecule has 0 unspecified atom stereocenters. The van der Waals surface area contributed by atoms with Crippen LogP contribution < -0.4 is 5.32 Å². The zero-order valence-corrected chi connectivity index (χ0v) is 14.1. The molecule has 7 nitrogen and oxygen atoms in total. The summed E-state index contributed by atoms with van der Waals surface area (Å²) in [5.41, 5.74) is 2.98. The number of hydrogen-bond donors (Lipinski definition) is 2. The van der Waals surface area contributed by atoms with E-state index in [9.17, 15) is 4.79 Å². The van der Waals surface area contributed by atoms with Gasteiger partial charge in [0.15, 0.2) is 0 Å². The van der Waals surface area contributed by atoms with Gasteiger partial charge in [-0.1, -0.05) is 6.07 Å². The van der Waals surface area contributed by atoms with E-state index in [4.69, 9.17) is 4.74 Å². The van der Waals surface area contributed by atoms with Crippen LogP contribution in [0, 0.1) is 5.92 Å². The third-order valence-electron chi connectivity index (χ3n) is 4.51. The monoisotopic (exact) mass is 349 g/mol. The van der Waals surface area contributed by atoms with Crippen LogP contribution in [0.1, 0.15) is 16.1 Å². The van der Waals surface area contributed by atoms with Crippen LogP contribution in [-0.4, -0.2) is 45.3 Å². The minimum atomic E-state index is -0.185. The van der Waals surface area contributed by atoms with Crippen LogP contribution in [0.25, 0.3) is 11.4 Å². The second kappa shape index (κ2) is 7.45. The molecule has 0 radical (unpaired) electrons. The van der Waals surface area contributed by atoms with Crippen LogP contribution in [-0.2, 0) is 11.2 Å². The first kappa shape index (κ1) is 16.4. The first-order valence-corrected chi connectivity index (χ1v) is 8.54. The molecule has 0 aliphatic carbocycles. The van der Waals surface area contributed by atoms with Crippen molar-refractivity contribution in [3.63, 3.8) is 0 Å². The van der Waals surface area contributed by atoms with Gasteiger partial charge in [0, 0.05) is 24.5 Å². The first-order chi connectivity index (χ1) is 12.8. The number of aromatic amines is 1. The molecule has 1 amide bonds. The number of nitrogens with one attached hydrogen (secondary N) is 2. The van der Waals surface area contributed by atoms with Crippen molar-refractivity contribution in [1.29, 1.82) is 0 Å². The van der Waals surface area contributed by atoms with Gasteiger partial charge in [0.1, 0.15) is 11.4 Å². The van der Waals surface area contributed by atoms with Gasteiger partial charge in [-0.25, -0.2) is 0 Å². The van der Waals surface area contributed by atoms with Gasteiger partial charge in [-0.2, -0.15) is 5.10 Å². The number of carbonyl (C=O) groups is 1. The second-order valence-electron chi connectivity index (χ2n) is 6.32. The number of pyridine rings is 2. The van der Waals surface area contributed by atoms with Crippen molar-refractivity contribution in [3.8, 4) is 11.4 Å². The number of amides is 1. The molecular weight excluding hydrogens is 330 g/mol. The number of ether oxygens (including phenoxy) is 1. The molecule has 3 aromatic heterocycles. The van der Waals surface area contributed by atoms with E-state index >= 15 is 0 Å². The Bertz CT molecular complexity index is 866. The van der Waals surface area contributed by atoms with E-state index in [1.807, 2.05) is 30.3 Å². The lowest BCUT2D eigenvalue weighted by atomic mass is 9.95. The van der Waals surface area contributed by atoms with Gasteiger partial charge in [-0.15, -0.1) is 0 Å². The number of carbonyl (C=O) groups excluding carboxylic acids is 1. The zero-order valence-electron chi connectivity index (χ0n) is 14.1. The molecule has 0 bridgehead atoms. The van der Waals surface area contributed by atoms with Gasteiger partial charge < -0.3 is 10.1 Å². The lowest BCUT2D eigenvalue weighted by molar-refractivity contribution is 0.0920. The fourth-order valence-electron chi connectivity index (χ4n) is 3.11. The van der Waals surface area contributed by atoms with Crippen molar-refractivity contribution in [3.05, 3.63) is 66.2 Å². The summed E-state index contributed by atoms with van der Waals surface area (Å²) in [4.78, 5) is 20.9. The summed E-state index contributed by atoms with van der Waals surface area (Å²) in [5, 5.41) is 10.0. The van der Waals surface area contributed by atoms with Crippen LogP contribution in [0.5, 0.6) is 0 Å². The lowest BCUT2D eigenvalue weighted by Gasteiger charge is -2.18. The van der Waals surface area contributed by atoms with Gasteiger partial charge in [-0.3, -0.25) is 19.9 Å². The number of hydrogen-bond acceptors (Lipinski definition) is 5. The lowest BCUT2D eigenvalue weighted by Crippen LogP contribution is -2.40. The smallest absolute Gasteiger partial charge is 0.269 e. The van der Waals surface area contributed by atoms with Crippen molar-refractivity contribution in [2.24, 2.45) is 5.92 Å². The molecule has 2 N–H and O–H groups in total. The van der Waals surface area contributed by atoms with Gasteiger partial charge >= 0.3 is 0 Å². The van der Waals surface area contributed by atoms with Gasteiger partial charge in [0.25, 0.3) is 5.91 Å². The van der Waals surface area contributed by atoms with Gasteiger partial charge in [0.05, 0.1) is 24.9 Å². The zero-order chi connectivity index (χ0) is 17.8. The summed E-state index contributed by atoms with van der Waals surface area (Å²) >= 11 is 0. The Morgan fingerprint density at radius 1 is 1.15 bits per heavy atom. The highest BCUT2D eigenvalue weighted by molar-refractivity contribution is 5.93. The van der Waals surface area contributed by atoms with Crippen molar-refractivity contribution < 1.29 is 9.53 Å². The summed E-state index contributed by atoms with van der Waals surface area (Å²) < 4.78 is 5.59. The number of rotatable bonds is 5. The maximum absolute atomic E-state index is 12.6. The van der Waals surface area contributed by atoms with Gasteiger partial charge in [0.2, 0.25) is 0 Å². The minimum absolute atomic E-state index is 0.0303. The van der Waals surface area contributed by atoms with E-state index in [1.165, 1.54) is 5.56 Å². The molecule has 1 aliphatic heterocycles. The molecule has 1 aliphatic rings. The maximum atomic E-state index is 12.6. The molecule has 1 fully saturated rings. The first-order valence-electron chi connectivity index (χ1n) is 8.54. The normalized spacial score (nSPS) is 19.4. The van der Waals surface area contributed by atoms with Crippen LogP contribution >= 0.6 is 0 Å². The Morgan fingerprint density at radius 2 is 2.04 bits per heavy atom. The van der Waals surface area contributed by atoms with Crippen molar-refractivity contribution in [2.45, 2.75) is 12.5 Å². The molecule has 0 spiro atoms.